The maximum Gasteiger partial charge on any atom is 0.0995 e. The molecule has 0 N–H and O–H groups in total. The second-order valence-electron chi connectivity index (χ2n) is 3.62. The van der Waals surface area contributed by atoms with Crippen molar-refractivity contribution in [2.24, 2.45) is 13.5 Å². The quantitative estimate of drug-likeness (QED) is 0.145. The van der Waals surface area contributed by atoms with Crippen LogP contribution in [0.25, 0.3) is 0 Å². The van der Waals surface area contributed by atoms with Crippen LogP contribution in [0.3, 0.4) is 0 Å². The van der Waals surface area contributed by atoms with Crippen molar-refractivity contribution in [3.05, 3.63) is 0 Å². The highest BCUT2D eigenvalue weighted by molar-refractivity contribution is 14.1. The van der Waals surface area contributed by atoms with Gasteiger partial charge in [-0.2, -0.15) is 0 Å². The van der Waals surface area contributed by atoms with Crippen molar-refractivity contribution >= 4 is 157 Å². The second kappa shape index (κ2) is 9.53. The molecule has 1 aliphatic heterocycles. The van der Waals surface area contributed by atoms with Gasteiger partial charge in [-0.25, -0.2) is 13.5 Å². The lowest BCUT2D eigenvalue weighted by Gasteiger charge is -2.33. The van der Waals surface area contributed by atoms with E-state index in [0.29, 0.717) is 0 Å². The van der Waals surface area contributed by atoms with Crippen molar-refractivity contribution < 1.29 is 0 Å². The molecule has 0 aromatic carbocycles. The monoisotopic (exact) mass is 980 g/mol. The Labute approximate surface area is 191 Å². The average molecular weight is 981 g/mol. The molecule has 0 spiro atoms. The highest BCUT2D eigenvalue weighted by Gasteiger charge is 2.33. The van der Waals surface area contributed by atoms with Gasteiger partial charge >= 0.3 is 0 Å². The van der Waals surface area contributed by atoms with Crippen LogP contribution in [0, 0.1) is 0 Å². The van der Waals surface area contributed by atoms with E-state index in [9.17, 15) is 0 Å². The fourth-order valence-corrected chi connectivity index (χ4v) is 40.1. The molecule has 0 aromatic rings. The Morgan fingerprint density at radius 3 is 0.722 bits per heavy atom. The van der Waals surface area contributed by atoms with Gasteiger partial charge in [0, 0.05) is 0 Å². The van der Waals surface area contributed by atoms with E-state index >= 15 is 0 Å². The summed E-state index contributed by atoms with van der Waals surface area (Å²) in [4.78, 5) is 0. The number of rotatable bonds is 6. The third kappa shape index (κ3) is 5.03. The molecule has 0 atom stereocenters. The molecule has 0 fully saturated rings. The summed E-state index contributed by atoms with van der Waals surface area (Å²) in [6.07, 6.45) is 0. The minimum atomic E-state index is -1.45. The Morgan fingerprint density at radius 2 is 0.611 bits per heavy atom. The fraction of sp³-hybridized carbons (Fsp3) is 1.00. The molecule has 0 aromatic heterocycles. The molecule has 3 nitrogen and oxygen atoms in total. The third-order valence-corrected chi connectivity index (χ3v) is 32.1. The lowest BCUT2D eigenvalue weighted by atomic mass is 11.9. The van der Waals surface area contributed by atoms with Crippen LogP contribution >= 0.6 is 157 Å². The van der Waals surface area contributed by atoms with Crippen LogP contribution in [-0.4, -0.2) is 25.0 Å². The standard InChI is InChI=1S/C6H12I6N3P3/c7-1-16(2-8)13-17(3-9,4-10)15-18(5-11,6-12)14-16/h1-6H2. The zero-order valence-electron chi connectivity index (χ0n) is 9.19. The Kier molecular flexibility index (Phi) is 11.2. The zero-order valence-corrected chi connectivity index (χ0v) is 24.8. The smallest absolute Gasteiger partial charge is 0.0995 e. The van der Waals surface area contributed by atoms with E-state index in [1.165, 1.54) is 0 Å². The molecule has 0 aliphatic carbocycles. The van der Waals surface area contributed by atoms with Gasteiger partial charge in [0.05, 0.1) is 46.6 Å². The van der Waals surface area contributed by atoms with Crippen LogP contribution in [0.4, 0.5) is 0 Å². The maximum absolute atomic E-state index is 5.29. The molecule has 0 unspecified atom stereocenters. The molecule has 108 valence electrons. The first-order valence-electron chi connectivity index (χ1n) is 4.70. The molecule has 0 radical (unpaired) electrons. The minimum absolute atomic E-state index is 1.10. The first kappa shape index (κ1) is 21.1. The van der Waals surface area contributed by atoms with Crippen LogP contribution in [0.2, 0.25) is 0 Å². The first-order chi connectivity index (χ1) is 8.49. The van der Waals surface area contributed by atoms with Gasteiger partial charge in [-0.15, -0.1) is 0 Å². The van der Waals surface area contributed by atoms with E-state index in [1.807, 2.05) is 0 Å². The van der Waals surface area contributed by atoms with Crippen LogP contribution in [0.5, 0.6) is 0 Å². The van der Waals surface area contributed by atoms with E-state index in [-0.39, 0.29) is 0 Å². The van der Waals surface area contributed by atoms with Crippen molar-refractivity contribution in [1.29, 1.82) is 0 Å². The van der Waals surface area contributed by atoms with Gasteiger partial charge in [0.2, 0.25) is 0 Å². The minimum Gasteiger partial charge on any atom is -0.237 e. The highest BCUT2D eigenvalue weighted by Crippen LogP contribution is 2.80. The van der Waals surface area contributed by atoms with Gasteiger partial charge in [0.1, 0.15) is 0 Å². The van der Waals surface area contributed by atoms with Crippen molar-refractivity contribution in [3.63, 3.8) is 0 Å². The van der Waals surface area contributed by atoms with Gasteiger partial charge in [-0.1, -0.05) is 136 Å². The fourth-order valence-electron chi connectivity index (χ4n) is 1.37. The molecular weight excluding hydrogens is 968 g/mol. The molecule has 0 bridgehead atoms. The molecule has 1 heterocycles. The van der Waals surface area contributed by atoms with E-state index in [4.69, 9.17) is 13.5 Å². The van der Waals surface area contributed by atoms with Crippen LogP contribution in [-0.2, 0) is 0 Å². The lowest BCUT2D eigenvalue weighted by Crippen LogP contribution is -1.94. The van der Waals surface area contributed by atoms with Crippen LogP contribution in [0.15, 0.2) is 13.5 Å². The number of nitrogens with zero attached hydrogens (tertiary/aromatic N) is 3. The molecule has 0 saturated carbocycles. The number of hydrogen-bond donors (Lipinski definition) is 0. The summed E-state index contributed by atoms with van der Waals surface area (Å²) in [7, 11) is -4.36. The molecule has 0 saturated heterocycles. The molecule has 18 heavy (non-hydrogen) atoms. The number of hydrogen-bond acceptors (Lipinski definition) is 3. The highest BCUT2D eigenvalue weighted by atomic mass is 127. The summed E-state index contributed by atoms with van der Waals surface area (Å²) in [5, 5.41) is 0. The normalized spacial score (nSPS) is 23.7. The molecule has 1 rings (SSSR count). The molecule has 12 heteroatoms. The Balaban J connectivity index is 3.63. The summed E-state index contributed by atoms with van der Waals surface area (Å²) in [6.45, 7) is 0. The van der Waals surface area contributed by atoms with E-state index < -0.39 is 21.6 Å². The van der Waals surface area contributed by atoms with Crippen molar-refractivity contribution in [2.45, 2.75) is 0 Å². The van der Waals surface area contributed by atoms with E-state index in [2.05, 4.69) is 136 Å². The SMILES string of the molecule is ICP1(CI)=NP(CI)(CI)=NP(CI)(CI)=N1. The number of alkyl halides is 6. The number of halogens is 6. The first-order valence-corrected chi connectivity index (χ1v) is 20.0. The maximum atomic E-state index is 5.29. The van der Waals surface area contributed by atoms with Gasteiger partial charge < -0.3 is 0 Å². The van der Waals surface area contributed by atoms with Gasteiger partial charge in [-0.3, -0.25) is 0 Å². The average Bonchev–Trinajstić information content (AvgIpc) is 2.46. The predicted molar refractivity (Wildman–Crippen MR) is 141 cm³/mol. The van der Waals surface area contributed by atoms with Crippen molar-refractivity contribution in [3.8, 4) is 0 Å². The summed E-state index contributed by atoms with van der Waals surface area (Å²) in [6, 6.07) is 0. The molecule has 0 amide bonds. The Hall–Kier alpha value is 5.07. The van der Waals surface area contributed by atoms with Crippen molar-refractivity contribution in [1.82, 2.24) is 0 Å². The Bertz CT molecular complexity index is 356. The summed E-state index contributed by atoms with van der Waals surface area (Å²) in [5.74, 6) is 0. The van der Waals surface area contributed by atoms with Gasteiger partial charge in [0.25, 0.3) is 0 Å². The Morgan fingerprint density at radius 1 is 0.444 bits per heavy atom. The lowest BCUT2D eigenvalue weighted by molar-refractivity contribution is 1.59. The summed E-state index contributed by atoms with van der Waals surface area (Å²) in [5.41, 5.74) is 0. The second-order valence-corrected chi connectivity index (χ2v) is 24.8. The zero-order chi connectivity index (χ0) is 13.9. The van der Waals surface area contributed by atoms with E-state index in [1.54, 1.807) is 0 Å². The molecule has 1 aliphatic rings. The van der Waals surface area contributed by atoms with Gasteiger partial charge in [-0.05, 0) is 0 Å². The van der Waals surface area contributed by atoms with Crippen LogP contribution in [0.1, 0.15) is 0 Å². The largest absolute Gasteiger partial charge is 0.237 e. The van der Waals surface area contributed by atoms with Crippen molar-refractivity contribution in [2.75, 3.05) is 25.0 Å². The van der Waals surface area contributed by atoms with Crippen LogP contribution < -0.4 is 0 Å². The summed E-state index contributed by atoms with van der Waals surface area (Å²) < 4.78 is 22.5. The predicted octanol–water partition coefficient (Wildman–Crippen LogP) is 8.70. The van der Waals surface area contributed by atoms with Gasteiger partial charge in [0.15, 0.2) is 0 Å². The van der Waals surface area contributed by atoms with E-state index in [0.717, 1.165) is 25.0 Å². The molecular formula is C6H12I6N3P3. The topological polar surface area (TPSA) is 37.1 Å². The summed E-state index contributed by atoms with van der Waals surface area (Å²) >= 11 is 15.0. The third-order valence-electron chi connectivity index (χ3n) is 2.15.